The fraction of sp³-hybridized carbons (Fsp3) is 0.217. The standard InChI is InChI=1S/C23H21N3O4/c1-3-28-18-9-5-4-8-16(18)20-17(12-24)22(25)30-19-11-14(2)26(23(27)21(19)20)13-15-7-6-10-29-15/h4-11,20H,3,13,25H2,1-2H3. The number of ether oxygens (including phenoxy) is 2. The number of fused-ring (bicyclic) bond motifs is 1. The van der Waals surface area contributed by atoms with E-state index in [0.717, 1.165) is 0 Å². The number of hydrogen-bond donors (Lipinski definition) is 1. The summed E-state index contributed by atoms with van der Waals surface area (Å²) in [7, 11) is 0. The Morgan fingerprint density at radius 2 is 2.07 bits per heavy atom. The maximum absolute atomic E-state index is 13.6. The van der Waals surface area contributed by atoms with Crippen LogP contribution in [0.1, 0.15) is 35.4 Å². The zero-order chi connectivity index (χ0) is 21.3. The lowest BCUT2D eigenvalue weighted by Crippen LogP contribution is -2.33. The van der Waals surface area contributed by atoms with Crippen LogP contribution in [0.5, 0.6) is 11.5 Å². The first-order valence-electron chi connectivity index (χ1n) is 9.61. The third-order valence-electron chi connectivity index (χ3n) is 5.11. The molecule has 0 saturated heterocycles. The molecule has 152 valence electrons. The van der Waals surface area contributed by atoms with Crippen molar-refractivity contribution in [2.45, 2.75) is 26.3 Å². The van der Waals surface area contributed by atoms with E-state index in [2.05, 4.69) is 6.07 Å². The van der Waals surface area contributed by atoms with Gasteiger partial charge in [0.2, 0.25) is 5.88 Å². The Labute approximate surface area is 173 Å². The molecule has 2 aromatic heterocycles. The van der Waals surface area contributed by atoms with E-state index in [1.165, 1.54) is 0 Å². The molecule has 4 rings (SSSR count). The normalized spacial score (nSPS) is 15.3. The van der Waals surface area contributed by atoms with Gasteiger partial charge in [0.1, 0.15) is 28.9 Å². The number of nitrogens with two attached hydrogens (primary N) is 1. The lowest BCUT2D eigenvalue weighted by molar-refractivity contribution is 0.334. The highest BCUT2D eigenvalue weighted by atomic mass is 16.5. The molecule has 30 heavy (non-hydrogen) atoms. The van der Waals surface area contributed by atoms with Gasteiger partial charge in [-0.1, -0.05) is 18.2 Å². The van der Waals surface area contributed by atoms with Gasteiger partial charge in [-0.15, -0.1) is 0 Å². The molecule has 0 fully saturated rings. The molecule has 0 aliphatic carbocycles. The van der Waals surface area contributed by atoms with Crippen LogP contribution in [0.25, 0.3) is 0 Å². The van der Waals surface area contributed by atoms with Crippen LogP contribution in [0.2, 0.25) is 0 Å². The van der Waals surface area contributed by atoms with Gasteiger partial charge in [-0.05, 0) is 32.0 Å². The monoisotopic (exact) mass is 403 g/mol. The topological polar surface area (TPSA) is 103 Å². The number of aromatic nitrogens is 1. The number of para-hydroxylation sites is 1. The molecule has 0 spiro atoms. The molecule has 3 aromatic rings. The zero-order valence-corrected chi connectivity index (χ0v) is 16.7. The van der Waals surface area contributed by atoms with Gasteiger partial charge in [0.25, 0.3) is 5.56 Å². The molecule has 1 aliphatic heterocycles. The number of furan rings is 1. The van der Waals surface area contributed by atoms with Gasteiger partial charge in [-0.2, -0.15) is 5.26 Å². The second kappa shape index (κ2) is 7.84. The number of pyridine rings is 1. The summed E-state index contributed by atoms with van der Waals surface area (Å²) in [6.45, 7) is 4.41. The van der Waals surface area contributed by atoms with Crippen molar-refractivity contribution >= 4 is 0 Å². The number of hydrogen-bond acceptors (Lipinski definition) is 6. The van der Waals surface area contributed by atoms with E-state index in [0.29, 0.717) is 40.7 Å². The number of nitriles is 1. The van der Waals surface area contributed by atoms with Crippen molar-refractivity contribution in [2.75, 3.05) is 6.61 Å². The summed E-state index contributed by atoms with van der Waals surface area (Å²) in [5.41, 5.74) is 7.72. The van der Waals surface area contributed by atoms with Crippen LogP contribution in [-0.4, -0.2) is 11.2 Å². The molecule has 0 radical (unpaired) electrons. The highest BCUT2D eigenvalue weighted by molar-refractivity contribution is 5.58. The zero-order valence-electron chi connectivity index (χ0n) is 16.7. The number of benzene rings is 1. The van der Waals surface area contributed by atoms with Gasteiger partial charge in [-0.25, -0.2) is 0 Å². The van der Waals surface area contributed by atoms with E-state index in [4.69, 9.17) is 19.6 Å². The summed E-state index contributed by atoms with van der Waals surface area (Å²) < 4.78 is 18.5. The van der Waals surface area contributed by atoms with Crippen LogP contribution in [-0.2, 0) is 6.54 Å². The Kier molecular flexibility index (Phi) is 5.07. The largest absolute Gasteiger partial charge is 0.494 e. The molecular weight excluding hydrogens is 382 g/mol. The average molecular weight is 403 g/mol. The molecule has 0 amide bonds. The van der Waals surface area contributed by atoms with Crippen LogP contribution < -0.4 is 20.8 Å². The van der Waals surface area contributed by atoms with Gasteiger partial charge in [0, 0.05) is 17.3 Å². The van der Waals surface area contributed by atoms with Crippen LogP contribution >= 0.6 is 0 Å². The summed E-state index contributed by atoms with van der Waals surface area (Å²) in [6, 6.07) is 14.8. The lowest BCUT2D eigenvalue weighted by Gasteiger charge is -2.28. The van der Waals surface area contributed by atoms with Gasteiger partial charge >= 0.3 is 0 Å². The van der Waals surface area contributed by atoms with Gasteiger partial charge in [0.05, 0.1) is 30.9 Å². The predicted molar refractivity (Wildman–Crippen MR) is 110 cm³/mol. The molecular formula is C23H21N3O4. The Hall–Kier alpha value is -3.92. The first kappa shape index (κ1) is 19.4. The predicted octanol–water partition coefficient (Wildman–Crippen LogP) is 3.41. The number of aryl methyl sites for hydroxylation is 1. The minimum Gasteiger partial charge on any atom is -0.494 e. The molecule has 0 saturated carbocycles. The summed E-state index contributed by atoms with van der Waals surface area (Å²) >= 11 is 0. The lowest BCUT2D eigenvalue weighted by atomic mass is 9.83. The van der Waals surface area contributed by atoms with E-state index in [1.807, 2.05) is 44.2 Å². The highest BCUT2D eigenvalue weighted by Gasteiger charge is 2.36. The van der Waals surface area contributed by atoms with Crippen LogP contribution in [0.4, 0.5) is 0 Å². The van der Waals surface area contributed by atoms with Crippen LogP contribution in [0.15, 0.2) is 69.4 Å². The van der Waals surface area contributed by atoms with E-state index in [9.17, 15) is 10.1 Å². The first-order valence-corrected chi connectivity index (χ1v) is 9.61. The number of nitrogens with zero attached hydrogens (tertiary/aromatic N) is 2. The van der Waals surface area contributed by atoms with Gasteiger partial charge < -0.3 is 24.2 Å². The van der Waals surface area contributed by atoms with Crippen LogP contribution in [0, 0.1) is 18.3 Å². The average Bonchev–Trinajstić information content (AvgIpc) is 3.24. The Morgan fingerprint density at radius 3 is 2.77 bits per heavy atom. The fourth-order valence-electron chi connectivity index (χ4n) is 3.76. The van der Waals surface area contributed by atoms with Crippen molar-refractivity contribution < 1.29 is 13.9 Å². The second-order valence-corrected chi connectivity index (χ2v) is 6.93. The SMILES string of the molecule is CCOc1ccccc1C1C(C#N)=C(N)Oc2cc(C)n(Cc3ccco3)c(=O)c21. The molecule has 7 heteroatoms. The maximum Gasteiger partial charge on any atom is 0.259 e. The Balaban J connectivity index is 1.96. The minimum absolute atomic E-state index is 0.0103. The third-order valence-corrected chi connectivity index (χ3v) is 5.11. The maximum atomic E-state index is 13.6. The summed E-state index contributed by atoms with van der Waals surface area (Å²) in [5.74, 6) is 0.886. The number of allylic oxidation sites excluding steroid dienone is 1. The summed E-state index contributed by atoms with van der Waals surface area (Å²) in [5, 5.41) is 9.83. The van der Waals surface area contributed by atoms with Gasteiger partial charge in [0.15, 0.2) is 0 Å². The molecule has 7 nitrogen and oxygen atoms in total. The van der Waals surface area contributed by atoms with Crippen molar-refractivity contribution in [1.82, 2.24) is 4.57 Å². The first-order chi connectivity index (χ1) is 14.5. The molecule has 0 bridgehead atoms. The molecule has 1 unspecified atom stereocenters. The number of rotatable bonds is 5. The van der Waals surface area contributed by atoms with Crippen LogP contribution in [0.3, 0.4) is 0 Å². The van der Waals surface area contributed by atoms with E-state index >= 15 is 0 Å². The third kappa shape index (κ3) is 3.22. The van der Waals surface area contributed by atoms with Crippen molar-refractivity contribution in [3.8, 4) is 17.6 Å². The second-order valence-electron chi connectivity index (χ2n) is 6.93. The van der Waals surface area contributed by atoms with E-state index < -0.39 is 5.92 Å². The highest BCUT2D eigenvalue weighted by Crippen LogP contribution is 2.43. The van der Waals surface area contributed by atoms with Crippen molar-refractivity contribution in [1.29, 1.82) is 5.26 Å². The molecule has 1 aromatic carbocycles. The van der Waals surface area contributed by atoms with Crippen molar-refractivity contribution in [2.24, 2.45) is 5.73 Å². The summed E-state index contributed by atoms with van der Waals surface area (Å²) in [4.78, 5) is 13.6. The molecule has 3 heterocycles. The van der Waals surface area contributed by atoms with Crippen molar-refractivity contribution in [3.63, 3.8) is 0 Å². The fourth-order valence-corrected chi connectivity index (χ4v) is 3.76. The van der Waals surface area contributed by atoms with Gasteiger partial charge in [-0.3, -0.25) is 4.79 Å². The smallest absolute Gasteiger partial charge is 0.259 e. The van der Waals surface area contributed by atoms with Crippen molar-refractivity contribution in [3.05, 3.63) is 93.1 Å². The summed E-state index contributed by atoms with van der Waals surface area (Å²) in [6.07, 6.45) is 1.57. The Bertz CT molecular complexity index is 1220. The quantitative estimate of drug-likeness (QED) is 0.700. The molecule has 1 atom stereocenters. The van der Waals surface area contributed by atoms with E-state index in [-0.39, 0.29) is 23.6 Å². The van der Waals surface area contributed by atoms with E-state index in [1.54, 1.807) is 23.0 Å². The molecule has 2 N–H and O–H groups in total. The minimum atomic E-state index is -0.697. The Morgan fingerprint density at radius 1 is 1.27 bits per heavy atom. The molecule has 1 aliphatic rings.